The molecule has 0 saturated heterocycles. The van der Waals surface area contributed by atoms with Gasteiger partial charge in [-0.05, 0) is 26.0 Å². The zero-order chi connectivity index (χ0) is 14.9. The molecule has 1 aromatic heterocycles. The van der Waals surface area contributed by atoms with Gasteiger partial charge in [0.2, 0.25) is 0 Å². The van der Waals surface area contributed by atoms with Crippen LogP contribution >= 0.6 is 11.3 Å². The predicted molar refractivity (Wildman–Crippen MR) is 72.4 cm³/mol. The molecule has 0 atom stereocenters. The summed E-state index contributed by atoms with van der Waals surface area (Å²) in [6, 6.07) is 3.03. The van der Waals surface area contributed by atoms with Gasteiger partial charge < -0.3 is 10.4 Å². The van der Waals surface area contributed by atoms with Crippen molar-refractivity contribution in [2.75, 3.05) is 5.32 Å². The van der Waals surface area contributed by atoms with Crippen molar-refractivity contribution in [1.29, 1.82) is 0 Å². The summed E-state index contributed by atoms with van der Waals surface area (Å²) in [6.07, 6.45) is 0. The number of anilines is 2. The number of aromatic nitrogens is 1. The second-order valence-corrected chi connectivity index (χ2v) is 5.61. The number of hydrogen-bond acceptors (Lipinski definition) is 4. The lowest BCUT2D eigenvalue weighted by molar-refractivity contribution is -0.142. The Bertz CT molecular complexity index is 635. The van der Waals surface area contributed by atoms with E-state index in [9.17, 15) is 13.6 Å². The first-order valence-electron chi connectivity index (χ1n) is 5.71. The minimum absolute atomic E-state index is 0.219. The topological polar surface area (TPSA) is 62.2 Å². The van der Waals surface area contributed by atoms with E-state index in [2.05, 4.69) is 10.3 Å². The number of nitrogens with zero attached hydrogens (tertiary/aromatic N) is 1. The Morgan fingerprint density at radius 1 is 1.30 bits per heavy atom. The van der Waals surface area contributed by atoms with E-state index in [4.69, 9.17) is 5.11 Å². The molecular weight excluding hydrogens is 286 g/mol. The van der Waals surface area contributed by atoms with Gasteiger partial charge in [-0.1, -0.05) is 0 Å². The fraction of sp³-hybridized carbons (Fsp3) is 0.231. The molecule has 106 valence electrons. The third kappa shape index (κ3) is 2.93. The molecule has 2 rings (SSSR count). The summed E-state index contributed by atoms with van der Waals surface area (Å²) in [5, 5.41) is 13.8. The van der Waals surface area contributed by atoms with Crippen molar-refractivity contribution >= 4 is 28.1 Å². The lowest BCUT2D eigenvalue weighted by atomic mass is 9.90. The SMILES string of the molecule is CC(C)(C(=O)O)c1csc(Nc2cc(F)cc(F)c2)n1. The van der Waals surface area contributed by atoms with E-state index in [1.165, 1.54) is 25.2 Å². The van der Waals surface area contributed by atoms with Crippen molar-refractivity contribution in [2.45, 2.75) is 19.3 Å². The quantitative estimate of drug-likeness (QED) is 0.906. The molecule has 0 fully saturated rings. The fourth-order valence-electron chi connectivity index (χ4n) is 1.48. The summed E-state index contributed by atoms with van der Waals surface area (Å²) < 4.78 is 26.1. The van der Waals surface area contributed by atoms with Gasteiger partial charge in [0.15, 0.2) is 5.13 Å². The number of benzene rings is 1. The van der Waals surface area contributed by atoms with E-state index >= 15 is 0 Å². The Labute approximate surface area is 118 Å². The molecule has 1 heterocycles. The van der Waals surface area contributed by atoms with Crippen LogP contribution in [0.5, 0.6) is 0 Å². The number of carboxylic acid groups (broad SMARTS) is 1. The summed E-state index contributed by atoms with van der Waals surface area (Å²) in [4.78, 5) is 15.3. The number of nitrogens with one attached hydrogen (secondary N) is 1. The molecule has 0 radical (unpaired) electrons. The van der Waals surface area contributed by atoms with E-state index in [1.54, 1.807) is 5.38 Å². The third-order valence-electron chi connectivity index (χ3n) is 2.79. The number of carbonyl (C=O) groups is 1. The fourth-order valence-corrected chi connectivity index (χ4v) is 2.38. The minimum Gasteiger partial charge on any atom is -0.481 e. The van der Waals surface area contributed by atoms with E-state index < -0.39 is 23.0 Å². The van der Waals surface area contributed by atoms with E-state index in [-0.39, 0.29) is 5.69 Å². The zero-order valence-corrected chi connectivity index (χ0v) is 11.6. The molecule has 0 aliphatic heterocycles. The largest absolute Gasteiger partial charge is 0.481 e. The first-order valence-corrected chi connectivity index (χ1v) is 6.59. The van der Waals surface area contributed by atoms with Crippen molar-refractivity contribution in [2.24, 2.45) is 0 Å². The number of aliphatic carboxylic acids is 1. The first kappa shape index (κ1) is 14.4. The highest BCUT2D eigenvalue weighted by Gasteiger charge is 2.32. The molecule has 0 saturated carbocycles. The average molecular weight is 298 g/mol. The zero-order valence-electron chi connectivity index (χ0n) is 10.8. The highest BCUT2D eigenvalue weighted by molar-refractivity contribution is 7.13. The van der Waals surface area contributed by atoms with Gasteiger partial charge in [-0.2, -0.15) is 0 Å². The Morgan fingerprint density at radius 3 is 2.45 bits per heavy atom. The lowest BCUT2D eigenvalue weighted by Crippen LogP contribution is -2.28. The molecule has 2 N–H and O–H groups in total. The molecule has 7 heteroatoms. The van der Waals surface area contributed by atoms with Crippen molar-refractivity contribution in [3.8, 4) is 0 Å². The van der Waals surface area contributed by atoms with Gasteiger partial charge in [-0.3, -0.25) is 4.79 Å². The third-order valence-corrected chi connectivity index (χ3v) is 3.55. The van der Waals surface area contributed by atoms with E-state index in [0.717, 1.165) is 18.2 Å². The maximum atomic E-state index is 13.1. The van der Waals surface area contributed by atoms with Crippen LogP contribution in [0.2, 0.25) is 0 Å². The van der Waals surface area contributed by atoms with E-state index in [0.29, 0.717) is 10.8 Å². The second-order valence-electron chi connectivity index (χ2n) is 4.75. The summed E-state index contributed by atoms with van der Waals surface area (Å²) in [5.41, 5.74) is -0.519. The number of thiazole rings is 1. The van der Waals surface area contributed by atoms with Crippen molar-refractivity contribution < 1.29 is 18.7 Å². The first-order chi connectivity index (χ1) is 9.29. The van der Waals surface area contributed by atoms with Gasteiger partial charge >= 0.3 is 5.97 Å². The number of halogens is 2. The van der Waals surface area contributed by atoms with Crippen LogP contribution in [0.15, 0.2) is 23.6 Å². The summed E-state index contributed by atoms with van der Waals surface area (Å²) in [5.74, 6) is -2.39. The van der Waals surface area contributed by atoms with Crippen LogP contribution in [0.1, 0.15) is 19.5 Å². The van der Waals surface area contributed by atoms with Gasteiger partial charge in [-0.25, -0.2) is 13.8 Å². The molecule has 0 unspecified atom stereocenters. The minimum atomic E-state index is -1.12. The smallest absolute Gasteiger partial charge is 0.315 e. The lowest BCUT2D eigenvalue weighted by Gasteiger charge is -2.15. The van der Waals surface area contributed by atoms with Crippen LogP contribution in [0.25, 0.3) is 0 Å². The van der Waals surface area contributed by atoms with Crippen LogP contribution in [0, 0.1) is 11.6 Å². The van der Waals surface area contributed by atoms with Crippen molar-refractivity contribution in [1.82, 2.24) is 4.98 Å². The molecule has 20 heavy (non-hydrogen) atoms. The van der Waals surface area contributed by atoms with Crippen molar-refractivity contribution in [3.63, 3.8) is 0 Å². The van der Waals surface area contributed by atoms with Gasteiger partial charge in [0, 0.05) is 17.1 Å². The Balaban J connectivity index is 2.24. The standard InChI is InChI=1S/C13H12F2N2O2S/c1-13(2,11(18)19)10-6-20-12(17-10)16-9-4-7(14)3-8(15)5-9/h3-6H,1-2H3,(H,16,17)(H,18,19). The summed E-state index contributed by atoms with van der Waals surface area (Å²) >= 11 is 1.17. The van der Waals surface area contributed by atoms with Crippen LogP contribution in [-0.2, 0) is 10.2 Å². The molecule has 0 amide bonds. The van der Waals surface area contributed by atoms with Gasteiger partial charge in [-0.15, -0.1) is 11.3 Å². The molecule has 0 spiro atoms. The second kappa shape index (κ2) is 5.16. The predicted octanol–water partition coefficient (Wildman–Crippen LogP) is 3.53. The highest BCUT2D eigenvalue weighted by Crippen LogP contribution is 2.29. The molecule has 4 nitrogen and oxygen atoms in total. The normalized spacial score (nSPS) is 11.4. The monoisotopic (exact) mass is 298 g/mol. The molecular formula is C13H12F2N2O2S. The molecule has 0 aliphatic carbocycles. The van der Waals surface area contributed by atoms with Gasteiger partial charge in [0.1, 0.15) is 17.0 Å². The number of rotatable bonds is 4. The van der Waals surface area contributed by atoms with Crippen LogP contribution in [-0.4, -0.2) is 16.1 Å². The average Bonchev–Trinajstić information content (AvgIpc) is 2.76. The number of hydrogen-bond donors (Lipinski definition) is 2. The highest BCUT2D eigenvalue weighted by atomic mass is 32.1. The summed E-state index contributed by atoms with van der Waals surface area (Å²) in [6.45, 7) is 3.08. The molecule has 0 bridgehead atoms. The van der Waals surface area contributed by atoms with Crippen molar-refractivity contribution in [3.05, 3.63) is 40.9 Å². The van der Waals surface area contributed by atoms with Crippen LogP contribution in [0.3, 0.4) is 0 Å². The Hall–Kier alpha value is -2.02. The molecule has 0 aliphatic rings. The van der Waals surface area contributed by atoms with Gasteiger partial charge in [0.25, 0.3) is 0 Å². The maximum Gasteiger partial charge on any atom is 0.315 e. The number of carboxylic acids is 1. The Kier molecular flexibility index (Phi) is 3.71. The summed E-state index contributed by atoms with van der Waals surface area (Å²) in [7, 11) is 0. The molecule has 2 aromatic rings. The van der Waals surface area contributed by atoms with Crippen LogP contribution < -0.4 is 5.32 Å². The Morgan fingerprint density at radius 2 is 1.90 bits per heavy atom. The van der Waals surface area contributed by atoms with Gasteiger partial charge in [0.05, 0.1) is 5.69 Å². The van der Waals surface area contributed by atoms with Crippen LogP contribution in [0.4, 0.5) is 19.6 Å². The molecule has 1 aromatic carbocycles. The maximum absolute atomic E-state index is 13.1. The van der Waals surface area contributed by atoms with E-state index in [1.807, 2.05) is 0 Å².